The van der Waals surface area contributed by atoms with Crippen molar-refractivity contribution in [2.45, 2.75) is 38.5 Å². The van der Waals surface area contributed by atoms with Gasteiger partial charge in [0.25, 0.3) is 0 Å². The van der Waals surface area contributed by atoms with Crippen molar-refractivity contribution in [3.63, 3.8) is 0 Å². The van der Waals surface area contributed by atoms with Gasteiger partial charge in [-0.3, -0.25) is 4.57 Å². The lowest BCUT2D eigenvalue weighted by Gasteiger charge is -2.22. The first-order chi connectivity index (χ1) is 45.1. The first kappa shape index (κ1) is 53.5. The third-order valence-electron chi connectivity index (χ3n) is 20.0. The minimum Gasteiger partial charge on any atom is -0.309 e. The van der Waals surface area contributed by atoms with Crippen molar-refractivity contribution in [2.75, 3.05) is 0 Å². The first-order valence-corrected chi connectivity index (χ1v) is 31.9. The van der Waals surface area contributed by atoms with Gasteiger partial charge in [0.15, 0.2) is 11.6 Å². The Balaban J connectivity index is 0.794. The van der Waals surface area contributed by atoms with Crippen molar-refractivity contribution in [2.24, 2.45) is 0 Å². The van der Waals surface area contributed by atoms with E-state index < -0.39 is 0 Å². The number of fused-ring (bicyclic) bond motifs is 12. The Morgan fingerprint density at radius 3 is 1.15 bits per heavy atom. The van der Waals surface area contributed by atoms with Gasteiger partial charge in [0.1, 0.15) is 0 Å². The predicted molar refractivity (Wildman–Crippen MR) is 382 cm³/mol. The second-order valence-electron chi connectivity index (χ2n) is 26.0. The molecule has 0 saturated heterocycles. The molecule has 5 heteroatoms. The van der Waals surface area contributed by atoms with Crippen LogP contribution >= 0.6 is 0 Å². The van der Waals surface area contributed by atoms with Crippen LogP contribution < -0.4 is 0 Å². The third kappa shape index (κ3) is 8.42. The molecule has 0 N–H and O–H groups in total. The summed E-state index contributed by atoms with van der Waals surface area (Å²) in [5.74, 6) is 1.69. The summed E-state index contributed by atoms with van der Waals surface area (Å²) in [6, 6.07) is 109. The summed E-state index contributed by atoms with van der Waals surface area (Å²) in [5.41, 5.74) is 29.2. The minimum absolute atomic E-state index is 0.0943. The lowest BCUT2D eigenvalue weighted by atomic mass is 9.81. The van der Waals surface area contributed by atoms with Crippen LogP contribution in [0.25, 0.3) is 156 Å². The van der Waals surface area contributed by atoms with Crippen LogP contribution in [0, 0.1) is 0 Å². The average molecular weight is 1180 g/mol. The van der Waals surface area contributed by atoms with E-state index in [4.69, 9.17) is 15.0 Å². The van der Waals surface area contributed by atoms with Crippen molar-refractivity contribution in [3.8, 4) is 112 Å². The van der Waals surface area contributed by atoms with Crippen LogP contribution in [0.4, 0.5) is 0 Å². The first-order valence-electron chi connectivity index (χ1n) is 31.9. The summed E-state index contributed by atoms with van der Waals surface area (Å²) < 4.78 is 4.63. The van der Waals surface area contributed by atoms with Crippen LogP contribution in [0.2, 0.25) is 0 Å². The molecule has 434 valence electrons. The van der Waals surface area contributed by atoms with Crippen LogP contribution in [0.5, 0.6) is 0 Å². The molecule has 0 fully saturated rings. The van der Waals surface area contributed by atoms with Gasteiger partial charge in [-0.15, -0.1) is 0 Å². The number of hydrogen-bond acceptors (Lipinski definition) is 3. The van der Waals surface area contributed by atoms with Gasteiger partial charge in [0, 0.05) is 49.2 Å². The molecule has 2 aliphatic rings. The fraction of sp³-hybridized carbons (Fsp3) is 0.0690. The monoisotopic (exact) mass is 1180 g/mol. The van der Waals surface area contributed by atoms with E-state index >= 15 is 0 Å². The van der Waals surface area contributed by atoms with Gasteiger partial charge < -0.3 is 4.57 Å². The highest BCUT2D eigenvalue weighted by Crippen LogP contribution is 2.52. The Bertz CT molecular complexity index is 5650. The van der Waals surface area contributed by atoms with Crippen LogP contribution in [-0.4, -0.2) is 24.1 Å². The molecular weight excluding hydrogens is 1110 g/mol. The van der Waals surface area contributed by atoms with Gasteiger partial charge in [-0.25, -0.2) is 4.98 Å². The fourth-order valence-corrected chi connectivity index (χ4v) is 15.3. The van der Waals surface area contributed by atoms with Gasteiger partial charge in [-0.2, -0.15) is 9.97 Å². The molecule has 3 aromatic heterocycles. The highest BCUT2D eigenvalue weighted by Gasteiger charge is 2.37. The molecule has 0 atom stereocenters. The van der Waals surface area contributed by atoms with Gasteiger partial charge in [0.2, 0.25) is 5.95 Å². The molecule has 13 aromatic carbocycles. The number of nitrogens with zero attached hydrogens (tertiary/aromatic N) is 5. The second-order valence-corrected chi connectivity index (χ2v) is 26.0. The third-order valence-corrected chi connectivity index (χ3v) is 20.0. The van der Waals surface area contributed by atoms with E-state index in [1.165, 1.54) is 72.0 Å². The molecule has 0 radical (unpaired) electrons. The van der Waals surface area contributed by atoms with Crippen molar-refractivity contribution < 1.29 is 0 Å². The van der Waals surface area contributed by atoms with Gasteiger partial charge in [-0.1, -0.05) is 240 Å². The highest BCUT2D eigenvalue weighted by atomic mass is 15.2. The molecule has 16 aromatic rings. The van der Waals surface area contributed by atoms with Crippen molar-refractivity contribution >= 4 is 43.6 Å². The smallest absolute Gasteiger partial charge is 0.238 e. The number of hydrogen-bond donors (Lipinski definition) is 0. The molecule has 0 spiro atoms. The maximum atomic E-state index is 5.57. The second kappa shape index (κ2) is 20.5. The van der Waals surface area contributed by atoms with E-state index in [0.29, 0.717) is 17.6 Å². The standard InChI is InChI=1S/C87H61N5/c1-86(2)75-33-15-11-29-67(75)69-41-37-59(52-77(69)86)57-39-43-81-73(50-57)71-31-13-17-35-79(71)91(81)66-28-20-27-62(49-66)84-88-83(61-26-19-25-56(45-61)65-47-63(54-21-7-5-8-22-54)46-64(48-65)55-23-9-6-10-24-55)89-85(90-84)92-80-36-18-14-32-72(80)74-51-58(40-44-82(74)92)60-38-42-70-68-30-12-16-34-76(68)87(3,4)78(70)53-60/h5-53H,1-4H3. The molecule has 2 aliphatic carbocycles. The molecule has 0 unspecified atom stereocenters. The summed E-state index contributed by atoms with van der Waals surface area (Å²) in [6.45, 7) is 9.41. The number of para-hydroxylation sites is 2. The summed E-state index contributed by atoms with van der Waals surface area (Å²) in [5, 5.41) is 4.64. The molecule has 18 rings (SSSR count). The highest BCUT2D eigenvalue weighted by molar-refractivity contribution is 6.12. The number of rotatable bonds is 9. The predicted octanol–water partition coefficient (Wildman–Crippen LogP) is 22.3. The number of aromatic nitrogens is 5. The largest absolute Gasteiger partial charge is 0.309 e. The average Bonchev–Trinajstić information content (AvgIpc) is 1.60. The Labute approximate surface area is 534 Å². The lowest BCUT2D eigenvalue weighted by Crippen LogP contribution is -2.14. The van der Waals surface area contributed by atoms with E-state index in [1.54, 1.807) is 0 Å². The van der Waals surface area contributed by atoms with Gasteiger partial charge in [-0.05, 0) is 185 Å². The van der Waals surface area contributed by atoms with Gasteiger partial charge in [0.05, 0.1) is 22.1 Å². The molecule has 0 aliphatic heterocycles. The fourth-order valence-electron chi connectivity index (χ4n) is 15.3. The minimum atomic E-state index is -0.115. The van der Waals surface area contributed by atoms with E-state index in [-0.39, 0.29) is 10.8 Å². The van der Waals surface area contributed by atoms with Crippen molar-refractivity contribution in [1.82, 2.24) is 24.1 Å². The van der Waals surface area contributed by atoms with Crippen LogP contribution in [-0.2, 0) is 10.8 Å². The zero-order valence-electron chi connectivity index (χ0n) is 51.5. The molecule has 0 bridgehead atoms. The molecule has 0 amide bonds. The number of benzene rings is 13. The molecule has 0 saturated carbocycles. The summed E-state index contributed by atoms with van der Waals surface area (Å²) in [7, 11) is 0. The summed E-state index contributed by atoms with van der Waals surface area (Å²) >= 11 is 0. The maximum Gasteiger partial charge on any atom is 0.238 e. The Hall–Kier alpha value is -11.5. The molecule has 5 nitrogen and oxygen atoms in total. The Kier molecular flexibility index (Phi) is 11.9. The van der Waals surface area contributed by atoms with Crippen LogP contribution in [0.15, 0.2) is 297 Å². The quantitative estimate of drug-likeness (QED) is 0.145. The maximum absolute atomic E-state index is 5.57. The summed E-state index contributed by atoms with van der Waals surface area (Å²) in [6.07, 6.45) is 0. The zero-order chi connectivity index (χ0) is 61.4. The molecule has 92 heavy (non-hydrogen) atoms. The van der Waals surface area contributed by atoms with E-state index in [1.807, 2.05) is 0 Å². The summed E-state index contributed by atoms with van der Waals surface area (Å²) in [4.78, 5) is 16.6. The van der Waals surface area contributed by atoms with E-state index in [0.717, 1.165) is 88.6 Å². The van der Waals surface area contributed by atoms with Crippen molar-refractivity contribution in [3.05, 3.63) is 320 Å². The van der Waals surface area contributed by atoms with Crippen LogP contribution in [0.3, 0.4) is 0 Å². The normalized spacial score (nSPS) is 13.4. The molecule has 3 heterocycles. The van der Waals surface area contributed by atoms with Crippen LogP contribution in [0.1, 0.15) is 49.9 Å². The Morgan fingerprint density at radius 1 is 0.228 bits per heavy atom. The SMILES string of the molecule is CC1(C)c2ccccc2-c2ccc(-c3ccc4c(c3)c3ccccc3n4-c3cccc(-c4nc(-c5cccc(-c6cc(-c7ccccc7)cc(-c7ccccc7)c6)c5)nc(-n5c6ccccc6c6cc(-c7ccc8c(c7)C(C)(C)c7ccccc7-8)ccc65)n4)c3)cc21. The lowest BCUT2D eigenvalue weighted by molar-refractivity contribution is 0.660. The van der Waals surface area contributed by atoms with Gasteiger partial charge >= 0.3 is 0 Å². The van der Waals surface area contributed by atoms with E-state index in [2.05, 4.69) is 334 Å². The zero-order valence-corrected chi connectivity index (χ0v) is 51.5. The van der Waals surface area contributed by atoms with Crippen molar-refractivity contribution in [1.29, 1.82) is 0 Å². The topological polar surface area (TPSA) is 48.5 Å². The Morgan fingerprint density at radius 2 is 0.598 bits per heavy atom. The molecular formula is C87H61N5. The van der Waals surface area contributed by atoms with E-state index in [9.17, 15) is 0 Å².